The fourth-order valence-electron chi connectivity index (χ4n) is 1.36. The monoisotopic (exact) mass is 211 g/mol. The molecule has 84 valence electrons. The van der Waals surface area contributed by atoms with Crippen molar-refractivity contribution in [3.8, 4) is 5.75 Å². The second kappa shape index (κ2) is 7.23. The lowest BCUT2D eigenvalue weighted by molar-refractivity contribution is 0.335. The summed E-state index contributed by atoms with van der Waals surface area (Å²) in [6, 6.07) is 7.91. The zero-order valence-corrected chi connectivity index (χ0v) is 9.13. The predicted octanol–water partition coefficient (Wildman–Crippen LogP) is 2.53. The molecule has 0 aliphatic heterocycles. The van der Waals surface area contributed by atoms with E-state index in [4.69, 9.17) is 4.74 Å². The van der Waals surface area contributed by atoms with E-state index in [9.17, 15) is 4.39 Å². The van der Waals surface area contributed by atoms with Crippen LogP contribution in [0.5, 0.6) is 5.75 Å². The van der Waals surface area contributed by atoms with Crippen molar-refractivity contribution in [3.63, 3.8) is 0 Å². The van der Waals surface area contributed by atoms with Crippen molar-refractivity contribution in [2.24, 2.45) is 0 Å². The van der Waals surface area contributed by atoms with Gasteiger partial charge in [-0.1, -0.05) is 18.2 Å². The van der Waals surface area contributed by atoms with Gasteiger partial charge in [-0.15, -0.1) is 0 Å². The molecule has 0 saturated heterocycles. The largest absolute Gasteiger partial charge is 0.494 e. The van der Waals surface area contributed by atoms with Crippen LogP contribution < -0.4 is 10.1 Å². The van der Waals surface area contributed by atoms with E-state index in [1.807, 2.05) is 31.2 Å². The molecule has 1 aromatic rings. The van der Waals surface area contributed by atoms with Gasteiger partial charge in [0.25, 0.3) is 0 Å². The Hall–Kier alpha value is -1.09. The minimum absolute atomic E-state index is 0.264. The third-order valence-corrected chi connectivity index (χ3v) is 2.08. The third-order valence-electron chi connectivity index (χ3n) is 2.08. The van der Waals surface area contributed by atoms with Gasteiger partial charge >= 0.3 is 0 Å². The normalized spacial score (nSPS) is 10.3. The summed E-state index contributed by atoms with van der Waals surface area (Å²) in [5, 5.41) is 3.18. The van der Waals surface area contributed by atoms with E-state index < -0.39 is 0 Å². The Labute approximate surface area is 90.4 Å². The van der Waals surface area contributed by atoms with E-state index in [2.05, 4.69) is 5.32 Å². The fraction of sp³-hybridized carbons (Fsp3) is 0.500. The molecule has 0 radical (unpaired) electrons. The SMILES string of the molecule is CCOc1ccccc1CNCCCF. The van der Waals surface area contributed by atoms with Gasteiger partial charge in [0, 0.05) is 12.1 Å². The van der Waals surface area contributed by atoms with Gasteiger partial charge in [0.2, 0.25) is 0 Å². The van der Waals surface area contributed by atoms with Crippen molar-refractivity contribution in [2.45, 2.75) is 19.9 Å². The summed E-state index contributed by atoms with van der Waals surface area (Å²) in [5.74, 6) is 0.910. The standard InChI is InChI=1S/C12H18FNO/c1-2-15-12-7-4-3-6-11(12)10-14-9-5-8-13/h3-4,6-7,14H,2,5,8-10H2,1H3. The number of nitrogens with one attached hydrogen (secondary N) is 1. The summed E-state index contributed by atoms with van der Waals surface area (Å²) in [7, 11) is 0. The molecule has 0 aromatic heterocycles. The molecule has 15 heavy (non-hydrogen) atoms. The van der Waals surface area contributed by atoms with Crippen LogP contribution in [0.3, 0.4) is 0 Å². The van der Waals surface area contributed by atoms with E-state index in [0.29, 0.717) is 19.6 Å². The number of benzene rings is 1. The first-order valence-electron chi connectivity index (χ1n) is 5.36. The molecular formula is C12H18FNO. The van der Waals surface area contributed by atoms with Crippen LogP contribution in [-0.2, 0) is 6.54 Å². The number of ether oxygens (including phenoxy) is 1. The van der Waals surface area contributed by atoms with E-state index in [1.165, 1.54) is 0 Å². The van der Waals surface area contributed by atoms with E-state index in [0.717, 1.165) is 17.9 Å². The molecule has 0 bridgehead atoms. The first kappa shape index (κ1) is 12.0. The summed E-state index contributed by atoms with van der Waals surface area (Å²) in [5.41, 5.74) is 1.12. The van der Waals surface area contributed by atoms with E-state index in [-0.39, 0.29) is 6.67 Å². The smallest absolute Gasteiger partial charge is 0.123 e. The molecule has 0 aliphatic carbocycles. The Morgan fingerprint density at radius 2 is 2.13 bits per heavy atom. The zero-order chi connectivity index (χ0) is 10.9. The average Bonchev–Trinajstić information content (AvgIpc) is 2.27. The average molecular weight is 211 g/mol. The van der Waals surface area contributed by atoms with Crippen LogP contribution in [0.2, 0.25) is 0 Å². The number of hydrogen-bond acceptors (Lipinski definition) is 2. The third kappa shape index (κ3) is 4.30. The molecule has 1 aromatic carbocycles. The van der Waals surface area contributed by atoms with Crippen LogP contribution in [0.15, 0.2) is 24.3 Å². The molecule has 0 amide bonds. The van der Waals surface area contributed by atoms with Crippen LogP contribution in [0, 0.1) is 0 Å². The number of halogens is 1. The summed E-state index contributed by atoms with van der Waals surface area (Å²) in [4.78, 5) is 0. The summed E-state index contributed by atoms with van der Waals surface area (Å²) < 4.78 is 17.3. The lowest BCUT2D eigenvalue weighted by Gasteiger charge is -2.10. The summed E-state index contributed by atoms with van der Waals surface area (Å²) in [6.07, 6.45) is 0.566. The van der Waals surface area contributed by atoms with Gasteiger partial charge < -0.3 is 10.1 Å². The highest BCUT2D eigenvalue weighted by Gasteiger charge is 2.00. The van der Waals surface area contributed by atoms with Crippen molar-refractivity contribution < 1.29 is 9.13 Å². The van der Waals surface area contributed by atoms with Crippen LogP contribution in [0.25, 0.3) is 0 Å². The number of alkyl halides is 1. The molecule has 2 nitrogen and oxygen atoms in total. The Morgan fingerprint density at radius 3 is 2.87 bits per heavy atom. The molecule has 0 fully saturated rings. The highest BCUT2D eigenvalue weighted by Crippen LogP contribution is 2.17. The van der Waals surface area contributed by atoms with Gasteiger partial charge in [-0.25, -0.2) is 0 Å². The van der Waals surface area contributed by atoms with Crippen molar-refractivity contribution in [1.82, 2.24) is 5.32 Å². The summed E-state index contributed by atoms with van der Waals surface area (Å²) in [6.45, 7) is 3.81. The van der Waals surface area contributed by atoms with Gasteiger partial charge in [0.1, 0.15) is 5.75 Å². The summed E-state index contributed by atoms with van der Waals surface area (Å²) >= 11 is 0. The van der Waals surface area contributed by atoms with Gasteiger partial charge in [-0.05, 0) is 26.0 Å². The Morgan fingerprint density at radius 1 is 1.33 bits per heavy atom. The number of para-hydroxylation sites is 1. The first-order valence-corrected chi connectivity index (χ1v) is 5.36. The highest BCUT2D eigenvalue weighted by atomic mass is 19.1. The van der Waals surface area contributed by atoms with Crippen LogP contribution >= 0.6 is 0 Å². The lowest BCUT2D eigenvalue weighted by atomic mass is 10.2. The Bertz CT molecular complexity index is 278. The quantitative estimate of drug-likeness (QED) is 0.700. The molecule has 1 N–H and O–H groups in total. The maximum atomic E-state index is 11.9. The van der Waals surface area contributed by atoms with E-state index >= 15 is 0 Å². The molecule has 0 heterocycles. The number of hydrogen-bond donors (Lipinski definition) is 1. The maximum absolute atomic E-state index is 11.9. The molecule has 0 aliphatic rings. The maximum Gasteiger partial charge on any atom is 0.123 e. The zero-order valence-electron chi connectivity index (χ0n) is 9.13. The first-order chi connectivity index (χ1) is 7.38. The van der Waals surface area contributed by atoms with Crippen LogP contribution in [0.4, 0.5) is 4.39 Å². The van der Waals surface area contributed by atoms with E-state index in [1.54, 1.807) is 0 Å². The molecule has 3 heteroatoms. The topological polar surface area (TPSA) is 21.3 Å². The number of rotatable bonds is 7. The lowest BCUT2D eigenvalue weighted by Crippen LogP contribution is -2.15. The van der Waals surface area contributed by atoms with Gasteiger partial charge in [-0.2, -0.15) is 0 Å². The minimum Gasteiger partial charge on any atom is -0.494 e. The molecule has 0 unspecified atom stereocenters. The van der Waals surface area contributed by atoms with Crippen molar-refractivity contribution in [3.05, 3.63) is 29.8 Å². The second-order valence-corrected chi connectivity index (χ2v) is 3.26. The Kier molecular flexibility index (Phi) is 5.78. The van der Waals surface area contributed by atoms with Crippen LogP contribution in [-0.4, -0.2) is 19.8 Å². The van der Waals surface area contributed by atoms with Crippen LogP contribution in [0.1, 0.15) is 18.9 Å². The molecular weight excluding hydrogens is 193 g/mol. The Balaban J connectivity index is 2.44. The van der Waals surface area contributed by atoms with Gasteiger partial charge in [0.05, 0.1) is 13.3 Å². The molecule has 0 saturated carbocycles. The molecule has 0 atom stereocenters. The highest BCUT2D eigenvalue weighted by molar-refractivity contribution is 5.33. The second-order valence-electron chi connectivity index (χ2n) is 3.26. The molecule has 1 rings (SSSR count). The van der Waals surface area contributed by atoms with Crippen molar-refractivity contribution in [1.29, 1.82) is 0 Å². The van der Waals surface area contributed by atoms with Gasteiger partial charge in [-0.3, -0.25) is 4.39 Å². The minimum atomic E-state index is -0.264. The van der Waals surface area contributed by atoms with Crippen molar-refractivity contribution in [2.75, 3.05) is 19.8 Å². The molecule has 0 spiro atoms. The predicted molar refractivity (Wildman–Crippen MR) is 59.9 cm³/mol. The van der Waals surface area contributed by atoms with Crippen molar-refractivity contribution >= 4 is 0 Å². The fourth-order valence-corrected chi connectivity index (χ4v) is 1.36. The van der Waals surface area contributed by atoms with Gasteiger partial charge in [0.15, 0.2) is 0 Å².